The zero-order valence-electron chi connectivity index (χ0n) is 30.5. The van der Waals surface area contributed by atoms with Crippen molar-refractivity contribution in [1.82, 2.24) is 9.80 Å². The van der Waals surface area contributed by atoms with Crippen molar-refractivity contribution >= 4 is 28.9 Å². The Morgan fingerprint density at radius 1 is 0.679 bits per heavy atom. The van der Waals surface area contributed by atoms with E-state index in [-0.39, 0.29) is 30.6 Å². The van der Waals surface area contributed by atoms with Gasteiger partial charge >= 0.3 is 0 Å². The van der Waals surface area contributed by atoms with Gasteiger partial charge in [-0.05, 0) is 53.8 Å². The number of hydrogen-bond acceptors (Lipinski definition) is 8. The van der Waals surface area contributed by atoms with Crippen LogP contribution in [0.15, 0.2) is 103 Å². The molecule has 4 aromatic rings. The van der Waals surface area contributed by atoms with E-state index in [4.69, 9.17) is 15.2 Å². The van der Waals surface area contributed by atoms with Crippen LogP contribution in [-0.4, -0.2) is 65.5 Å². The van der Waals surface area contributed by atoms with Crippen LogP contribution >= 0.6 is 0 Å². The second kappa shape index (κ2) is 19.5. The van der Waals surface area contributed by atoms with E-state index >= 15 is 0 Å². The number of para-hydroxylation sites is 2. The molecule has 10 heteroatoms. The van der Waals surface area contributed by atoms with Gasteiger partial charge in [-0.2, -0.15) is 0 Å². The highest BCUT2D eigenvalue weighted by Gasteiger charge is 2.34. The fraction of sp³-hybridized carbons (Fsp3) is 0.395. The SMILES string of the molecule is Nc1ccccc1NC(=O)CCCCCCC(=O)Nc1ccc([C@@H]2O[C@H](CN3CCN(Cc4ccccc4)CC3)C[C@H](c3ccc(CO)cc3)O2)cc1. The van der Waals surface area contributed by atoms with Crippen LogP contribution in [0.3, 0.4) is 0 Å². The Hall–Kier alpha value is -4.58. The first kappa shape index (κ1) is 38.2. The van der Waals surface area contributed by atoms with Gasteiger partial charge in [-0.1, -0.05) is 91.7 Å². The number of aliphatic hydroxyl groups is 1. The number of nitrogen functional groups attached to an aromatic ring is 1. The number of ether oxygens (including phenoxy) is 2. The Bertz CT molecular complexity index is 1730. The molecule has 3 atom stereocenters. The maximum Gasteiger partial charge on any atom is 0.224 e. The smallest absolute Gasteiger partial charge is 0.224 e. The molecule has 0 aromatic heterocycles. The van der Waals surface area contributed by atoms with Gasteiger partial charge in [0.15, 0.2) is 6.29 Å². The van der Waals surface area contributed by atoms with Crippen LogP contribution in [0.5, 0.6) is 0 Å². The van der Waals surface area contributed by atoms with E-state index < -0.39 is 6.29 Å². The lowest BCUT2D eigenvalue weighted by molar-refractivity contribution is -0.253. The molecule has 4 aromatic carbocycles. The number of carbonyl (C=O) groups is 2. The van der Waals surface area contributed by atoms with Gasteiger partial charge in [0.25, 0.3) is 0 Å². The second-order valence-corrected chi connectivity index (χ2v) is 14.1. The summed E-state index contributed by atoms with van der Waals surface area (Å²) in [6.45, 7) is 5.82. The number of amides is 2. The topological polar surface area (TPSA) is 129 Å². The molecular formula is C43H53N5O5. The Balaban J connectivity index is 0.965. The first-order valence-corrected chi connectivity index (χ1v) is 19.0. The van der Waals surface area contributed by atoms with Crippen LogP contribution in [-0.2, 0) is 32.2 Å². The number of benzene rings is 4. The minimum atomic E-state index is -0.549. The van der Waals surface area contributed by atoms with Crippen molar-refractivity contribution in [2.75, 3.05) is 49.1 Å². The minimum Gasteiger partial charge on any atom is -0.397 e. The molecular weight excluding hydrogens is 667 g/mol. The maximum absolute atomic E-state index is 12.7. The average molecular weight is 720 g/mol. The number of piperazine rings is 1. The average Bonchev–Trinajstić information content (AvgIpc) is 3.18. The molecule has 2 heterocycles. The number of unbranched alkanes of at least 4 members (excludes halogenated alkanes) is 3. The molecule has 2 aliphatic rings. The zero-order valence-corrected chi connectivity index (χ0v) is 30.5. The number of nitrogens with one attached hydrogen (secondary N) is 2. The van der Waals surface area contributed by atoms with E-state index in [0.29, 0.717) is 24.2 Å². The predicted octanol–water partition coefficient (Wildman–Crippen LogP) is 7.04. The number of rotatable bonds is 16. The largest absolute Gasteiger partial charge is 0.397 e. The monoisotopic (exact) mass is 719 g/mol. The van der Waals surface area contributed by atoms with Crippen LogP contribution in [0.2, 0.25) is 0 Å². The molecule has 0 saturated carbocycles. The molecule has 0 unspecified atom stereocenters. The van der Waals surface area contributed by atoms with Crippen LogP contribution in [0.25, 0.3) is 0 Å². The van der Waals surface area contributed by atoms with Gasteiger partial charge in [-0.3, -0.25) is 19.4 Å². The summed E-state index contributed by atoms with van der Waals surface area (Å²) in [6.07, 6.45) is 4.12. The number of nitrogens with zero attached hydrogens (tertiary/aromatic N) is 2. The third-order valence-corrected chi connectivity index (χ3v) is 10.0. The molecule has 0 radical (unpaired) electrons. The maximum atomic E-state index is 12.7. The lowest BCUT2D eigenvalue weighted by Gasteiger charge is -2.40. The van der Waals surface area contributed by atoms with Crippen molar-refractivity contribution in [1.29, 1.82) is 0 Å². The highest BCUT2D eigenvalue weighted by atomic mass is 16.7. The van der Waals surface area contributed by atoms with E-state index in [9.17, 15) is 14.7 Å². The third kappa shape index (κ3) is 11.7. The Morgan fingerprint density at radius 2 is 1.30 bits per heavy atom. The van der Waals surface area contributed by atoms with Gasteiger partial charge in [-0.25, -0.2) is 0 Å². The number of anilines is 3. The summed E-state index contributed by atoms with van der Waals surface area (Å²) < 4.78 is 13.2. The number of aliphatic hydroxyl groups excluding tert-OH is 1. The highest BCUT2D eigenvalue weighted by Crippen LogP contribution is 2.38. The molecule has 6 rings (SSSR count). The quantitative estimate of drug-likeness (QED) is 0.0717. The van der Waals surface area contributed by atoms with Crippen molar-refractivity contribution in [2.24, 2.45) is 0 Å². The van der Waals surface area contributed by atoms with Crippen molar-refractivity contribution in [3.05, 3.63) is 125 Å². The zero-order chi connectivity index (χ0) is 36.8. The molecule has 10 nitrogen and oxygen atoms in total. The third-order valence-electron chi connectivity index (χ3n) is 10.0. The van der Waals surface area contributed by atoms with Crippen LogP contribution in [0, 0.1) is 0 Å². The first-order chi connectivity index (χ1) is 25.9. The Labute approximate surface area is 313 Å². The molecule has 280 valence electrons. The Kier molecular flexibility index (Phi) is 14.0. The standard InChI is InChI=1S/C43H53N5O5/c44-38-12-8-9-13-39(38)46-42(51)15-7-2-1-6-14-41(50)45-36-22-20-35(21-23-36)43-52-37(28-40(53-43)34-18-16-33(31-49)17-19-34)30-48-26-24-47(25-27-48)29-32-10-4-3-5-11-32/h3-5,8-13,16-23,37,40,43,49H,1-2,6-7,14-15,24-31,44H2,(H,45,50)(H,46,51)/t37-,40+,43+/m0/s1. The number of hydrogen-bond donors (Lipinski definition) is 4. The van der Waals surface area contributed by atoms with E-state index in [1.807, 2.05) is 60.7 Å². The summed E-state index contributed by atoms with van der Waals surface area (Å²) in [4.78, 5) is 30.0. The van der Waals surface area contributed by atoms with E-state index in [0.717, 1.165) is 93.8 Å². The van der Waals surface area contributed by atoms with Crippen molar-refractivity contribution in [3.8, 4) is 0 Å². The van der Waals surface area contributed by atoms with Gasteiger partial charge in [0.2, 0.25) is 11.8 Å². The molecule has 53 heavy (non-hydrogen) atoms. The van der Waals surface area contributed by atoms with Crippen LogP contribution in [0.4, 0.5) is 17.1 Å². The van der Waals surface area contributed by atoms with E-state index in [1.165, 1.54) is 5.56 Å². The van der Waals surface area contributed by atoms with Gasteiger partial charge in [-0.15, -0.1) is 0 Å². The predicted molar refractivity (Wildman–Crippen MR) is 209 cm³/mol. The molecule has 5 N–H and O–H groups in total. The number of nitrogens with two attached hydrogens (primary N) is 1. The van der Waals surface area contributed by atoms with Crippen LogP contribution in [0.1, 0.15) is 79.6 Å². The van der Waals surface area contributed by atoms with Crippen molar-refractivity contribution < 1.29 is 24.2 Å². The number of carbonyl (C=O) groups excluding carboxylic acids is 2. The van der Waals surface area contributed by atoms with Crippen LogP contribution < -0.4 is 16.4 Å². The highest BCUT2D eigenvalue weighted by molar-refractivity contribution is 5.93. The van der Waals surface area contributed by atoms with Gasteiger partial charge in [0.05, 0.1) is 30.2 Å². The molecule has 2 amide bonds. The van der Waals surface area contributed by atoms with Crippen molar-refractivity contribution in [2.45, 2.75) is 76.6 Å². The van der Waals surface area contributed by atoms with Gasteiger partial charge in [0.1, 0.15) is 0 Å². The first-order valence-electron chi connectivity index (χ1n) is 19.0. The molecule has 0 bridgehead atoms. The summed E-state index contributed by atoms with van der Waals surface area (Å²) in [5.74, 6) is -0.0837. The summed E-state index contributed by atoms with van der Waals surface area (Å²) in [5.41, 5.74) is 12.0. The molecule has 2 aliphatic heterocycles. The second-order valence-electron chi connectivity index (χ2n) is 14.1. The molecule has 0 aliphatic carbocycles. The Morgan fingerprint density at radius 3 is 1.98 bits per heavy atom. The summed E-state index contributed by atoms with van der Waals surface area (Å²) in [5, 5.41) is 15.4. The lowest BCUT2D eigenvalue weighted by Crippen LogP contribution is -2.49. The molecule has 2 saturated heterocycles. The van der Waals surface area contributed by atoms with E-state index in [1.54, 1.807) is 12.1 Å². The van der Waals surface area contributed by atoms with E-state index in [2.05, 4.69) is 50.8 Å². The summed E-state index contributed by atoms with van der Waals surface area (Å²) in [7, 11) is 0. The normalized spacial score (nSPS) is 19.5. The molecule has 0 spiro atoms. The van der Waals surface area contributed by atoms with Gasteiger partial charge < -0.3 is 30.9 Å². The minimum absolute atomic E-state index is 0.00547. The summed E-state index contributed by atoms with van der Waals surface area (Å²) >= 11 is 0. The fourth-order valence-electron chi connectivity index (χ4n) is 6.99. The molecule has 2 fully saturated rings. The van der Waals surface area contributed by atoms with Crippen molar-refractivity contribution in [3.63, 3.8) is 0 Å². The fourth-order valence-corrected chi connectivity index (χ4v) is 6.99. The van der Waals surface area contributed by atoms with Gasteiger partial charge in [0, 0.05) is 69.8 Å². The lowest BCUT2D eigenvalue weighted by atomic mass is 9.99. The summed E-state index contributed by atoms with van der Waals surface area (Å²) in [6, 6.07) is 33.6.